The average Bonchev–Trinajstić information content (AvgIpc) is 3.53. The van der Waals surface area contributed by atoms with E-state index in [2.05, 4.69) is 80.4 Å². The van der Waals surface area contributed by atoms with Crippen LogP contribution in [-0.2, 0) is 6.61 Å². The van der Waals surface area contributed by atoms with Crippen molar-refractivity contribution >= 4 is 51.2 Å². The first-order valence-corrected chi connectivity index (χ1v) is 18.4. The van der Waals surface area contributed by atoms with Crippen LogP contribution in [-0.4, -0.2) is 13.3 Å². The van der Waals surface area contributed by atoms with Gasteiger partial charge in [-0.1, -0.05) is 106 Å². The fourth-order valence-electron chi connectivity index (χ4n) is 6.21. The van der Waals surface area contributed by atoms with Gasteiger partial charge in [-0.3, -0.25) is 0 Å². The zero-order valence-electron chi connectivity index (χ0n) is 26.8. The predicted molar refractivity (Wildman–Crippen MR) is 195 cm³/mol. The lowest BCUT2D eigenvalue weighted by Crippen LogP contribution is -2.68. The number of para-hydroxylation sites is 1. The lowest BCUT2D eigenvalue weighted by Gasteiger charge is -2.43. The highest BCUT2D eigenvalue weighted by molar-refractivity contribution is 7.21. The molecule has 7 rings (SSSR count). The van der Waals surface area contributed by atoms with E-state index in [0.29, 0.717) is 22.8 Å². The molecule has 0 amide bonds. The number of benzene rings is 5. The smallest absolute Gasteiger partial charge is 0.348 e. The molecular weight excluding hydrogens is 633 g/mol. The summed E-state index contributed by atoms with van der Waals surface area (Å²) in [7, 11) is -2.75. The number of hydrogen-bond acceptors (Lipinski definition) is 7. The van der Waals surface area contributed by atoms with Crippen molar-refractivity contribution in [1.29, 1.82) is 5.26 Å². The number of nitriles is 1. The van der Waals surface area contributed by atoms with Gasteiger partial charge in [0.15, 0.2) is 0 Å². The Morgan fingerprint density at radius 2 is 1.44 bits per heavy atom. The average molecular weight is 665 g/mol. The van der Waals surface area contributed by atoms with E-state index in [-0.39, 0.29) is 21.7 Å². The summed E-state index contributed by atoms with van der Waals surface area (Å²) in [4.78, 5) is 17.7. The van der Waals surface area contributed by atoms with E-state index in [9.17, 15) is 10.1 Å². The van der Waals surface area contributed by atoms with Gasteiger partial charge in [0.2, 0.25) is 0 Å². The molecule has 0 fully saturated rings. The lowest BCUT2D eigenvalue weighted by molar-refractivity contribution is 0.306. The van der Waals surface area contributed by atoms with E-state index in [0.717, 1.165) is 21.5 Å². The molecule has 0 saturated carbocycles. The highest BCUT2D eigenvalue weighted by Crippen LogP contribution is 2.38. The van der Waals surface area contributed by atoms with Crippen LogP contribution >= 0.6 is 11.3 Å². The minimum atomic E-state index is -2.75. The van der Waals surface area contributed by atoms with Crippen molar-refractivity contribution in [3.63, 3.8) is 0 Å². The third-order valence-corrected chi connectivity index (χ3v) is 14.5. The Morgan fingerprint density at radius 1 is 0.812 bits per heavy atom. The monoisotopic (exact) mass is 664 g/mol. The van der Waals surface area contributed by atoms with Gasteiger partial charge >= 0.3 is 13.9 Å². The minimum absolute atomic E-state index is 0.150. The number of nitrogens with zero attached hydrogens (tertiary/aromatic N) is 2. The molecule has 48 heavy (non-hydrogen) atoms. The maximum absolute atomic E-state index is 13.2. The normalized spacial score (nSPS) is 11.8. The van der Waals surface area contributed by atoms with Crippen LogP contribution in [0.3, 0.4) is 0 Å². The molecule has 0 radical (unpaired) electrons. The van der Waals surface area contributed by atoms with Gasteiger partial charge in [0.05, 0.1) is 15.8 Å². The summed E-state index contributed by atoms with van der Waals surface area (Å²) in [6.07, 6.45) is 0. The van der Waals surface area contributed by atoms with Crippen molar-refractivity contribution in [3.8, 4) is 28.1 Å². The predicted octanol–water partition coefficient (Wildman–Crippen LogP) is 8.46. The van der Waals surface area contributed by atoms with Gasteiger partial charge in [-0.05, 0) is 57.4 Å². The number of hydrogen-bond donors (Lipinski definition) is 0. The summed E-state index contributed by atoms with van der Waals surface area (Å²) in [6, 6.07) is 44.2. The van der Waals surface area contributed by atoms with E-state index in [1.165, 1.54) is 21.7 Å². The Bertz CT molecular complexity index is 2270. The first-order valence-electron chi connectivity index (χ1n) is 15.7. The van der Waals surface area contributed by atoms with Crippen LogP contribution in [0.5, 0.6) is 11.5 Å². The standard InChI is InChI=1S/C40H32N2O4SSi/c1-40(2,3)48(30-12-6-4-7-13-30,31-14-8-5-9-15-31)46-28-20-18-27(19-21-28)26-44-29-22-23-32-33(25-41)37(39(43)45-35(32)24-29)38-42-34-16-10-11-17-36(34)47-38/h4-24H,26H2,1-3H3. The second-order valence-corrected chi connectivity index (χ2v) is 17.8. The van der Waals surface area contributed by atoms with Crippen molar-refractivity contribution in [2.75, 3.05) is 0 Å². The fraction of sp³-hybridized carbons (Fsp3) is 0.125. The number of thiazole rings is 1. The molecule has 6 nitrogen and oxygen atoms in total. The maximum atomic E-state index is 13.2. The molecule has 0 saturated heterocycles. The van der Waals surface area contributed by atoms with Gasteiger partial charge in [0.1, 0.15) is 40.3 Å². The number of fused-ring (bicyclic) bond motifs is 2. The van der Waals surface area contributed by atoms with Gasteiger partial charge in [-0.15, -0.1) is 11.3 Å². The Labute approximate surface area is 283 Å². The highest BCUT2D eigenvalue weighted by atomic mass is 32.1. The van der Waals surface area contributed by atoms with Gasteiger partial charge in [-0.25, -0.2) is 9.78 Å². The first kappa shape index (κ1) is 31.1. The van der Waals surface area contributed by atoms with Crippen LogP contribution in [0.2, 0.25) is 5.04 Å². The molecular formula is C40H32N2O4SSi. The molecule has 0 aliphatic rings. The molecule has 0 bridgehead atoms. The van der Waals surface area contributed by atoms with Crippen molar-refractivity contribution in [2.24, 2.45) is 0 Å². The Hall–Kier alpha value is -5.49. The molecule has 0 aliphatic heterocycles. The maximum Gasteiger partial charge on any atom is 0.348 e. The molecule has 0 aliphatic carbocycles. The number of rotatable bonds is 8. The first-order chi connectivity index (χ1) is 23.3. The van der Waals surface area contributed by atoms with Crippen LogP contribution < -0.4 is 25.2 Å². The Kier molecular flexibility index (Phi) is 8.17. The molecule has 2 heterocycles. The highest BCUT2D eigenvalue weighted by Gasteiger charge is 2.52. The minimum Gasteiger partial charge on any atom is -0.534 e. The zero-order valence-corrected chi connectivity index (χ0v) is 28.6. The van der Waals surface area contributed by atoms with Gasteiger partial charge < -0.3 is 13.6 Å². The third kappa shape index (κ3) is 5.68. The van der Waals surface area contributed by atoms with E-state index in [1.54, 1.807) is 18.2 Å². The molecule has 0 N–H and O–H groups in total. The molecule has 8 heteroatoms. The molecule has 0 unspecified atom stereocenters. The van der Waals surface area contributed by atoms with Crippen LogP contribution in [0, 0.1) is 11.3 Å². The lowest BCUT2D eigenvalue weighted by atomic mass is 10.1. The van der Waals surface area contributed by atoms with Crippen molar-refractivity contribution in [3.05, 3.63) is 149 Å². The van der Waals surface area contributed by atoms with Crippen LogP contribution in [0.1, 0.15) is 31.9 Å². The summed E-state index contributed by atoms with van der Waals surface area (Å²) >= 11 is 1.36. The Balaban J connectivity index is 1.13. The summed E-state index contributed by atoms with van der Waals surface area (Å²) in [5, 5.41) is 13.3. The largest absolute Gasteiger partial charge is 0.534 e. The SMILES string of the molecule is CC(C)(C)[Si](Oc1ccc(COc2ccc3c(C#N)c(-c4nc5ccccc5s4)c(=O)oc3c2)cc1)(c1ccccc1)c1ccccc1. The van der Waals surface area contributed by atoms with E-state index in [1.807, 2.05) is 60.7 Å². The van der Waals surface area contributed by atoms with Gasteiger partial charge in [0, 0.05) is 11.5 Å². The summed E-state index contributed by atoms with van der Waals surface area (Å²) in [6.45, 7) is 7.07. The van der Waals surface area contributed by atoms with Crippen molar-refractivity contribution < 1.29 is 13.6 Å². The second-order valence-electron chi connectivity index (χ2n) is 12.6. The summed E-state index contributed by atoms with van der Waals surface area (Å²) in [5.74, 6) is 1.32. The van der Waals surface area contributed by atoms with E-state index >= 15 is 0 Å². The number of ether oxygens (including phenoxy) is 1. The molecule has 5 aromatic carbocycles. The Morgan fingerprint density at radius 3 is 2.06 bits per heavy atom. The van der Waals surface area contributed by atoms with Crippen molar-refractivity contribution in [2.45, 2.75) is 32.4 Å². The quantitative estimate of drug-likeness (QED) is 0.120. The summed E-state index contributed by atoms with van der Waals surface area (Å²) < 4.78 is 19.9. The third-order valence-electron chi connectivity index (χ3n) is 8.52. The van der Waals surface area contributed by atoms with E-state index in [4.69, 9.17) is 13.6 Å². The van der Waals surface area contributed by atoms with Gasteiger partial charge in [-0.2, -0.15) is 5.26 Å². The van der Waals surface area contributed by atoms with Crippen LogP contribution in [0.25, 0.3) is 31.8 Å². The van der Waals surface area contributed by atoms with Crippen LogP contribution in [0.15, 0.2) is 137 Å². The van der Waals surface area contributed by atoms with Crippen molar-refractivity contribution in [1.82, 2.24) is 4.98 Å². The van der Waals surface area contributed by atoms with Crippen LogP contribution in [0.4, 0.5) is 0 Å². The molecule has 0 spiro atoms. The molecule has 2 aromatic heterocycles. The molecule has 236 valence electrons. The number of aromatic nitrogens is 1. The van der Waals surface area contributed by atoms with Gasteiger partial charge in [0.25, 0.3) is 0 Å². The van der Waals surface area contributed by atoms with E-state index < -0.39 is 13.9 Å². The zero-order chi connectivity index (χ0) is 33.3. The molecule has 0 atom stereocenters. The second kappa shape index (κ2) is 12.6. The summed E-state index contributed by atoms with van der Waals surface area (Å²) in [5.41, 5.74) is 1.82. The fourth-order valence-corrected chi connectivity index (χ4v) is 11.6. The topological polar surface area (TPSA) is 85.4 Å². The molecule has 7 aromatic rings.